The number of aromatic nitrogens is 2. The number of aliphatic hydroxyl groups excluding tert-OH is 1. The van der Waals surface area contributed by atoms with Gasteiger partial charge in [0.2, 0.25) is 11.0 Å². The lowest BCUT2D eigenvalue weighted by molar-refractivity contribution is -0.117. The highest BCUT2D eigenvalue weighted by molar-refractivity contribution is 8.17. The molecule has 1 aromatic carbocycles. The van der Waals surface area contributed by atoms with Crippen molar-refractivity contribution in [1.29, 1.82) is 0 Å². The molecule has 31 heavy (non-hydrogen) atoms. The highest BCUT2D eigenvalue weighted by Crippen LogP contribution is 2.29. The minimum atomic E-state index is -0.341. The minimum Gasteiger partial charge on any atom is -0.396 e. The third-order valence-corrected chi connectivity index (χ3v) is 5.94. The third kappa shape index (κ3) is 6.90. The van der Waals surface area contributed by atoms with Crippen LogP contribution in [0, 0.1) is 6.92 Å². The molecule has 2 rings (SSSR count). The van der Waals surface area contributed by atoms with Gasteiger partial charge >= 0.3 is 0 Å². The first kappa shape index (κ1) is 24.6. The number of nitrogens with one attached hydrogen (secondary N) is 1. The average molecular weight is 443 g/mol. The van der Waals surface area contributed by atoms with Crippen LogP contribution >= 0.6 is 11.8 Å². The van der Waals surface area contributed by atoms with Crippen molar-refractivity contribution in [2.45, 2.75) is 53.0 Å². The predicted molar refractivity (Wildman–Crippen MR) is 124 cm³/mol. The van der Waals surface area contributed by atoms with Gasteiger partial charge in [0.05, 0.1) is 0 Å². The molecule has 1 heterocycles. The summed E-state index contributed by atoms with van der Waals surface area (Å²) in [6.45, 7) is 9.70. The van der Waals surface area contributed by atoms with Gasteiger partial charge in [-0.25, -0.2) is 9.97 Å². The van der Waals surface area contributed by atoms with Gasteiger partial charge in [-0.2, -0.15) is 0 Å². The number of anilines is 1. The topological polar surface area (TPSA) is 118 Å². The van der Waals surface area contributed by atoms with Crippen molar-refractivity contribution in [2.75, 3.05) is 12.3 Å². The fourth-order valence-electron chi connectivity index (χ4n) is 2.78. The fourth-order valence-corrected chi connectivity index (χ4v) is 3.69. The maximum atomic E-state index is 12.8. The van der Waals surface area contributed by atoms with Crippen LogP contribution in [0.25, 0.3) is 0 Å². The van der Waals surface area contributed by atoms with Crippen molar-refractivity contribution in [3.63, 3.8) is 0 Å². The summed E-state index contributed by atoms with van der Waals surface area (Å²) < 4.78 is 0. The molecule has 0 fully saturated rings. The first-order valence-electron chi connectivity index (χ1n) is 10.0. The highest BCUT2D eigenvalue weighted by atomic mass is 32.2. The summed E-state index contributed by atoms with van der Waals surface area (Å²) in [6, 6.07) is 7.47. The molecule has 0 bridgehead atoms. The van der Waals surface area contributed by atoms with Crippen LogP contribution in [0.1, 0.15) is 61.4 Å². The van der Waals surface area contributed by atoms with Crippen LogP contribution in [0.15, 0.2) is 40.9 Å². The van der Waals surface area contributed by atoms with E-state index in [0.717, 1.165) is 17.3 Å². The Bertz CT molecular complexity index is 979. The van der Waals surface area contributed by atoms with E-state index < -0.39 is 0 Å². The summed E-state index contributed by atoms with van der Waals surface area (Å²) in [5, 5.41) is 12.0. The Kier molecular flexibility index (Phi) is 8.36. The monoisotopic (exact) mass is 442 g/mol. The zero-order valence-corrected chi connectivity index (χ0v) is 19.5. The van der Waals surface area contributed by atoms with Crippen LogP contribution < -0.4 is 11.1 Å². The van der Waals surface area contributed by atoms with Crippen LogP contribution in [-0.2, 0) is 16.8 Å². The predicted octanol–water partition coefficient (Wildman–Crippen LogP) is 3.51. The van der Waals surface area contributed by atoms with E-state index in [0.29, 0.717) is 33.2 Å². The molecule has 2 aromatic rings. The van der Waals surface area contributed by atoms with Gasteiger partial charge in [-0.05, 0) is 24.8 Å². The van der Waals surface area contributed by atoms with Crippen molar-refractivity contribution < 1.29 is 14.7 Å². The number of benzene rings is 1. The number of nitrogens with zero attached hydrogens (tertiary/aromatic N) is 2. The van der Waals surface area contributed by atoms with E-state index in [4.69, 9.17) is 5.73 Å². The molecule has 0 atom stereocenters. The molecule has 0 aliphatic carbocycles. The normalized spacial score (nSPS) is 12.3. The first-order valence-corrected chi connectivity index (χ1v) is 10.8. The number of carbonyl (C=O) groups is 2. The number of amides is 1. The lowest BCUT2D eigenvalue weighted by Crippen LogP contribution is -2.25. The van der Waals surface area contributed by atoms with Gasteiger partial charge in [0.1, 0.15) is 11.6 Å². The maximum absolute atomic E-state index is 12.8. The molecule has 0 aliphatic heterocycles. The van der Waals surface area contributed by atoms with E-state index in [2.05, 4.69) is 36.1 Å². The number of nitrogens with two attached hydrogens (primary N) is 1. The molecule has 0 aliphatic rings. The van der Waals surface area contributed by atoms with Crippen LogP contribution in [0.3, 0.4) is 0 Å². The van der Waals surface area contributed by atoms with Crippen molar-refractivity contribution in [1.82, 2.24) is 15.3 Å². The molecule has 1 amide bonds. The number of nitrogen functional groups attached to an aromatic ring is 1. The molecule has 0 unspecified atom stereocenters. The molecule has 7 nitrogen and oxygen atoms in total. The molecular formula is C23H30N4O3S. The van der Waals surface area contributed by atoms with Crippen molar-refractivity contribution in [2.24, 2.45) is 0 Å². The summed E-state index contributed by atoms with van der Waals surface area (Å²) in [5.41, 5.74) is 8.53. The van der Waals surface area contributed by atoms with Gasteiger partial charge < -0.3 is 16.2 Å². The SMILES string of the molecule is C/C(C(=O)NCc1cnc(C)nc1N)=C(\CCO)SC(=O)c1ccc(C(C)(C)C)cc1. The summed E-state index contributed by atoms with van der Waals surface area (Å²) in [5.74, 6) is 0.527. The van der Waals surface area contributed by atoms with E-state index in [-0.39, 0.29) is 36.0 Å². The Morgan fingerprint density at radius 2 is 1.84 bits per heavy atom. The van der Waals surface area contributed by atoms with Crippen molar-refractivity contribution >= 4 is 28.6 Å². The average Bonchev–Trinajstić information content (AvgIpc) is 2.71. The summed E-state index contributed by atoms with van der Waals surface area (Å²) in [7, 11) is 0. The Balaban J connectivity index is 2.12. The van der Waals surface area contributed by atoms with E-state index in [1.165, 1.54) is 0 Å². The number of carbonyl (C=O) groups excluding carboxylic acids is 2. The zero-order valence-electron chi connectivity index (χ0n) is 18.7. The summed E-state index contributed by atoms with van der Waals surface area (Å²) in [4.78, 5) is 34.1. The second-order valence-corrected chi connectivity index (χ2v) is 9.32. The summed E-state index contributed by atoms with van der Waals surface area (Å²) >= 11 is 0.969. The molecule has 166 valence electrons. The highest BCUT2D eigenvalue weighted by Gasteiger charge is 2.18. The molecule has 0 radical (unpaired) electrons. The van der Waals surface area contributed by atoms with Gasteiger partial charge in [0.25, 0.3) is 0 Å². The minimum absolute atomic E-state index is 0.00275. The molecule has 0 saturated heterocycles. The number of aryl methyl sites for hydroxylation is 1. The third-order valence-electron chi connectivity index (χ3n) is 4.76. The molecule has 1 aromatic heterocycles. The van der Waals surface area contributed by atoms with Gasteiger partial charge in [-0.15, -0.1) is 0 Å². The van der Waals surface area contributed by atoms with Crippen LogP contribution in [0.4, 0.5) is 5.82 Å². The maximum Gasteiger partial charge on any atom is 0.247 e. The van der Waals surface area contributed by atoms with Crippen molar-refractivity contribution in [3.8, 4) is 0 Å². The van der Waals surface area contributed by atoms with Crippen molar-refractivity contribution in [3.05, 3.63) is 63.5 Å². The quantitative estimate of drug-likeness (QED) is 0.562. The number of thioether (sulfide) groups is 1. The van der Waals surface area contributed by atoms with Crippen LogP contribution in [-0.4, -0.2) is 32.7 Å². The number of hydrogen-bond acceptors (Lipinski definition) is 7. The lowest BCUT2D eigenvalue weighted by Gasteiger charge is -2.19. The second-order valence-electron chi connectivity index (χ2n) is 8.25. The number of aliphatic hydroxyl groups is 1. The van der Waals surface area contributed by atoms with Gasteiger partial charge in [0, 0.05) is 47.4 Å². The molecule has 0 saturated carbocycles. The standard InChI is InChI=1S/C23H30N4O3S/c1-14(21(29)26-13-17-12-25-15(2)27-20(17)24)19(10-11-28)31-22(30)16-6-8-18(9-7-16)23(3,4)5/h6-9,12,28H,10-11,13H2,1-5H3,(H,26,29)(H2,24,25,27)/b19-14-. The Hall–Kier alpha value is -2.71. The zero-order chi connectivity index (χ0) is 23.2. The van der Waals surface area contributed by atoms with E-state index in [9.17, 15) is 14.7 Å². The van der Waals surface area contributed by atoms with Gasteiger partial charge in [-0.1, -0.05) is 56.8 Å². The number of rotatable bonds is 7. The van der Waals surface area contributed by atoms with Gasteiger partial charge in [0.15, 0.2) is 0 Å². The van der Waals surface area contributed by atoms with E-state index in [1.54, 1.807) is 32.2 Å². The Morgan fingerprint density at radius 1 is 1.19 bits per heavy atom. The molecule has 4 N–H and O–H groups in total. The smallest absolute Gasteiger partial charge is 0.247 e. The Morgan fingerprint density at radius 3 is 2.39 bits per heavy atom. The van der Waals surface area contributed by atoms with Crippen LogP contribution in [0.2, 0.25) is 0 Å². The summed E-state index contributed by atoms with van der Waals surface area (Å²) in [6.07, 6.45) is 1.79. The Labute approximate surface area is 187 Å². The lowest BCUT2D eigenvalue weighted by atomic mass is 9.87. The van der Waals surface area contributed by atoms with E-state index >= 15 is 0 Å². The molecule has 0 spiro atoms. The molecule has 8 heteroatoms. The first-order chi connectivity index (χ1) is 14.5. The van der Waals surface area contributed by atoms with E-state index in [1.807, 2.05) is 12.1 Å². The molecular weight excluding hydrogens is 412 g/mol. The largest absolute Gasteiger partial charge is 0.396 e. The second kappa shape index (κ2) is 10.5. The van der Waals surface area contributed by atoms with Crippen LogP contribution in [0.5, 0.6) is 0 Å². The number of hydrogen-bond donors (Lipinski definition) is 3. The fraction of sp³-hybridized carbons (Fsp3) is 0.391. The van der Waals surface area contributed by atoms with Gasteiger partial charge in [-0.3, -0.25) is 9.59 Å².